The van der Waals surface area contributed by atoms with Gasteiger partial charge in [0.15, 0.2) is 0 Å². The first-order valence-corrected chi connectivity index (χ1v) is 10.1. The van der Waals surface area contributed by atoms with Gasteiger partial charge in [-0.1, -0.05) is 50.5 Å². The molecule has 0 amide bonds. The van der Waals surface area contributed by atoms with E-state index in [1.165, 1.54) is 12.8 Å². The molecule has 0 aromatic heterocycles. The molecule has 1 aliphatic rings. The number of likely N-dealkylation sites (tertiary alicyclic amines) is 1. The molecule has 0 aromatic rings. The van der Waals surface area contributed by atoms with Gasteiger partial charge in [0.1, 0.15) is 0 Å². The number of allylic oxidation sites excluding steroid dienone is 1. The number of rotatable bonds is 13. The molecule has 0 aromatic carbocycles. The predicted octanol–water partition coefficient (Wildman–Crippen LogP) is 4.37. The van der Waals surface area contributed by atoms with Crippen LogP contribution in [0.4, 0.5) is 0 Å². The SMILES string of the molecule is CCCCCC(O)/C=C\CN1CC[C@@H](Cl)C1C/C=C\CCCC(=O)O. The minimum atomic E-state index is -0.736. The van der Waals surface area contributed by atoms with Crippen LogP contribution in [0.25, 0.3) is 0 Å². The third kappa shape index (κ3) is 10.0. The Bertz CT molecular complexity index is 425. The minimum Gasteiger partial charge on any atom is -0.481 e. The number of hydrogen-bond acceptors (Lipinski definition) is 3. The first-order chi connectivity index (χ1) is 12.0. The van der Waals surface area contributed by atoms with Crippen molar-refractivity contribution < 1.29 is 15.0 Å². The van der Waals surface area contributed by atoms with Gasteiger partial charge in [0, 0.05) is 25.6 Å². The fraction of sp³-hybridized carbons (Fsp3) is 0.750. The summed E-state index contributed by atoms with van der Waals surface area (Å²) in [5.41, 5.74) is 0. The molecule has 0 radical (unpaired) electrons. The molecule has 1 heterocycles. The summed E-state index contributed by atoms with van der Waals surface area (Å²) in [6.45, 7) is 3.98. The van der Waals surface area contributed by atoms with Gasteiger partial charge < -0.3 is 10.2 Å². The Labute approximate surface area is 157 Å². The second-order valence-corrected chi connectivity index (χ2v) is 7.41. The molecule has 1 aliphatic heterocycles. The van der Waals surface area contributed by atoms with Crippen LogP contribution in [-0.4, -0.2) is 51.7 Å². The van der Waals surface area contributed by atoms with Crippen molar-refractivity contribution in [3.63, 3.8) is 0 Å². The number of hydrogen-bond donors (Lipinski definition) is 2. The fourth-order valence-corrected chi connectivity index (χ4v) is 3.54. The van der Waals surface area contributed by atoms with E-state index in [1.807, 2.05) is 6.08 Å². The van der Waals surface area contributed by atoms with E-state index >= 15 is 0 Å². The number of carbonyl (C=O) groups is 1. The van der Waals surface area contributed by atoms with Crippen molar-refractivity contribution in [3.8, 4) is 0 Å². The molecule has 0 bridgehead atoms. The smallest absolute Gasteiger partial charge is 0.303 e. The molecule has 1 saturated heterocycles. The van der Waals surface area contributed by atoms with E-state index in [-0.39, 0.29) is 17.9 Å². The number of alkyl halides is 1. The maximum absolute atomic E-state index is 10.5. The Kier molecular flexibility index (Phi) is 11.9. The highest BCUT2D eigenvalue weighted by Crippen LogP contribution is 2.25. The van der Waals surface area contributed by atoms with Gasteiger partial charge in [-0.15, -0.1) is 11.6 Å². The quantitative estimate of drug-likeness (QED) is 0.287. The van der Waals surface area contributed by atoms with E-state index in [9.17, 15) is 9.90 Å². The Balaban J connectivity index is 2.30. The summed E-state index contributed by atoms with van der Waals surface area (Å²) in [5.74, 6) is -0.736. The Morgan fingerprint density at radius 3 is 2.80 bits per heavy atom. The van der Waals surface area contributed by atoms with Gasteiger partial charge in [0.2, 0.25) is 0 Å². The summed E-state index contributed by atoms with van der Waals surface area (Å²) >= 11 is 6.45. The van der Waals surface area contributed by atoms with Gasteiger partial charge in [0.25, 0.3) is 0 Å². The molecule has 25 heavy (non-hydrogen) atoms. The van der Waals surface area contributed by atoms with E-state index in [2.05, 4.69) is 30.1 Å². The van der Waals surface area contributed by atoms with Crippen LogP contribution < -0.4 is 0 Å². The summed E-state index contributed by atoms with van der Waals surface area (Å²) in [4.78, 5) is 12.8. The van der Waals surface area contributed by atoms with Gasteiger partial charge in [0.05, 0.1) is 11.5 Å². The first-order valence-electron chi connectivity index (χ1n) is 9.64. The molecule has 1 fully saturated rings. The molecule has 0 aliphatic carbocycles. The van der Waals surface area contributed by atoms with Crippen molar-refractivity contribution in [2.24, 2.45) is 0 Å². The molecule has 0 saturated carbocycles. The maximum atomic E-state index is 10.5. The summed E-state index contributed by atoms with van der Waals surface area (Å²) in [7, 11) is 0. The summed E-state index contributed by atoms with van der Waals surface area (Å²) < 4.78 is 0. The molecular weight excluding hydrogens is 338 g/mol. The first kappa shape index (κ1) is 22.2. The van der Waals surface area contributed by atoms with Gasteiger partial charge in [-0.05, 0) is 32.1 Å². The number of aliphatic hydroxyl groups excluding tert-OH is 1. The lowest BCUT2D eigenvalue weighted by atomic mass is 10.1. The van der Waals surface area contributed by atoms with Gasteiger partial charge in [-0.3, -0.25) is 9.69 Å². The van der Waals surface area contributed by atoms with E-state index in [0.29, 0.717) is 12.5 Å². The van der Waals surface area contributed by atoms with Crippen LogP contribution in [0.5, 0.6) is 0 Å². The topological polar surface area (TPSA) is 60.8 Å². The highest BCUT2D eigenvalue weighted by Gasteiger charge is 2.30. The van der Waals surface area contributed by atoms with Crippen molar-refractivity contribution in [1.82, 2.24) is 4.90 Å². The van der Waals surface area contributed by atoms with E-state index in [4.69, 9.17) is 16.7 Å². The van der Waals surface area contributed by atoms with Crippen LogP contribution in [-0.2, 0) is 4.79 Å². The van der Waals surface area contributed by atoms with E-state index in [0.717, 1.165) is 45.2 Å². The van der Waals surface area contributed by atoms with Gasteiger partial charge >= 0.3 is 5.97 Å². The third-order valence-corrected chi connectivity index (χ3v) is 5.19. The molecule has 2 N–H and O–H groups in total. The Morgan fingerprint density at radius 1 is 1.28 bits per heavy atom. The van der Waals surface area contributed by atoms with Crippen LogP contribution >= 0.6 is 11.6 Å². The number of unbranched alkanes of at least 4 members (excludes halogenated alkanes) is 3. The summed E-state index contributed by atoms with van der Waals surface area (Å²) in [5, 5.41) is 18.7. The van der Waals surface area contributed by atoms with Crippen LogP contribution in [0.1, 0.15) is 64.7 Å². The van der Waals surface area contributed by atoms with Crippen molar-refractivity contribution in [1.29, 1.82) is 0 Å². The van der Waals surface area contributed by atoms with E-state index in [1.54, 1.807) is 0 Å². The number of nitrogens with zero attached hydrogens (tertiary/aromatic N) is 1. The lowest BCUT2D eigenvalue weighted by molar-refractivity contribution is -0.137. The normalized spacial score (nSPS) is 23.0. The fourth-order valence-electron chi connectivity index (χ4n) is 3.18. The zero-order valence-corrected chi connectivity index (χ0v) is 16.2. The lowest BCUT2D eigenvalue weighted by Gasteiger charge is -2.23. The van der Waals surface area contributed by atoms with Crippen molar-refractivity contribution in [3.05, 3.63) is 24.3 Å². The standard InChI is InChI=1S/C20H34ClNO3/c1-2-3-6-10-17(23)11-9-15-22-16-14-18(21)19(22)12-7-4-5-8-13-20(24)25/h4,7,9,11,17-19,23H,2-3,5-6,8,10,12-16H2,1H3,(H,24,25)/b7-4-,11-9-/t17?,18-,19?/m1/s1. The zero-order valence-electron chi connectivity index (χ0n) is 15.4. The number of carboxylic acids is 1. The molecular formula is C20H34ClNO3. The molecule has 3 atom stereocenters. The minimum absolute atomic E-state index is 0.159. The zero-order chi connectivity index (χ0) is 18.5. The molecule has 1 rings (SSSR count). The lowest BCUT2D eigenvalue weighted by Crippen LogP contribution is -2.33. The maximum Gasteiger partial charge on any atom is 0.303 e. The van der Waals surface area contributed by atoms with Gasteiger partial charge in [-0.25, -0.2) is 0 Å². The van der Waals surface area contributed by atoms with Crippen LogP contribution in [0.3, 0.4) is 0 Å². The molecule has 4 nitrogen and oxygen atoms in total. The highest BCUT2D eigenvalue weighted by atomic mass is 35.5. The summed E-state index contributed by atoms with van der Waals surface area (Å²) in [6, 6.07) is 0.319. The predicted molar refractivity (Wildman–Crippen MR) is 104 cm³/mol. The average Bonchev–Trinajstić information content (AvgIpc) is 2.91. The van der Waals surface area contributed by atoms with Crippen molar-refractivity contribution in [2.45, 2.75) is 82.2 Å². The van der Waals surface area contributed by atoms with Crippen molar-refractivity contribution >= 4 is 17.6 Å². The van der Waals surface area contributed by atoms with E-state index < -0.39 is 5.97 Å². The average molecular weight is 372 g/mol. The summed E-state index contributed by atoms with van der Waals surface area (Å²) in [6.07, 6.45) is 15.7. The number of halogens is 1. The van der Waals surface area contributed by atoms with Crippen molar-refractivity contribution in [2.75, 3.05) is 13.1 Å². The highest BCUT2D eigenvalue weighted by molar-refractivity contribution is 6.21. The monoisotopic (exact) mass is 371 g/mol. The third-order valence-electron chi connectivity index (χ3n) is 4.69. The van der Waals surface area contributed by atoms with Crippen LogP contribution in [0.2, 0.25) is 0 Å². The molecule has 0 spiro atoms. The molecule has 2 unspecified atom stereocenters. The van der Waals surface area contributed by atoms with Gasteiger partial charge in [-0.2, -0.15) is 0 Å². The Morgan fingerprint density at radius 2 is 2.08 bits per heavy atom. The number of aliphatic carboxylic acids is 1. The molecule has 5 heteroatoms. The second-order valence-electron chi connectivity index (χ2n) is 6.85. The van der Waals surface area contributed by atoms with Crippen LogP contribution in [0, 0.1) is 0 Å². The number of carboxylic acid groups (broad SMARTS) is 1. The van der Waals surface area contributed by atoms with Crippen LogP contribution in [0.15, 0.2) is 24.3 Å². The molecule has 144 valence electrons. The largest absolute Gasteiger partial charge is 0.481 e. The number of aliphatic hydroxyl groups is 1. The Hall–Kier alpha value is -0.840. The second kappa shape index (κ2) is 13.4.